The molecule has 0 spiro atoms. The van der Waals surface area contributed by atoms with Gasteiger partial charge in [-0.25, -0.2) is 0 Å². The van der Waals surface area contributed by atoms with Crippen LogP contribution in [0.2, 0.25) is 0 Å². The van der Waals surface area contributed by atoms with Gasteiger partial charge in [0.2, 0.25) is 0 Å². The van der Waals surface area contributed by atoms with Gasteiger partial charge in [0.15, 0.2) is 0 Å². The molecule has 1 nitrogen and oxygen atoms in total. The van der Waals surface area contributed by atoms with Crippen LogP contribution < -0.4 is 0 Å². The highest BCUT2D eigenvalue weighted by Gasteiger charge is 2.57. The van der Waals surface area contributed by atoms with Gasteiger partial charge in [0.25, 0.3) is 0 Å². The van der Waals surface area contributed by atoms with Crippen molar-refractivity contribution in [3.63, 3.8) is 0 Å². The Kier molecular flexibility index (Phi) is 2.44. The van der Waals surface area contributed by atoms with Crippen molar-refractivity contribution in [2.24, 2.45) is 23.7 Å². The molecular formula is C18H22O. The lowest BCUT2D eigenvalue weighted by atomic mass is 9.48. The van der Waals surface area contributed by atoms with Crippen molar-refractivity contribution in [2.75, 3.05) is 0 Å². The molecule has 0 saturated heterocycles. The minimum Gasteiger partial charge on any atom is -0.385 e. The molecule has 0 unspecified atom stereocenters. The highest BCUT2D eigenvalue weighted by molar-refractivity contribution is 5.48. The second-order valence-electron chi connectivity index (χ2n) is 6.96. The van der Waals surface area contributed by atoms with E-state index in [1.807, 2.05) is 6.08 Å². The smallest absolute Gasteiger partial charge is 0.0952 e. The lowest BCUT2D eigenvalue weighted by Crippen LogP contribution is -2.55. The third-order valence-electron chi connectivity index (χ3n) is 5.99. The van der Waals surface area contributed by atoms with Crippen molar-refractivity contribution in [2.45, 2.75) is 37.7 Å². The number of aliphatic hydroxyl groups is 1. The summed E-state index contributed by atoms with van der Waals surface area (Å²) in [5.74, 6) is 2.79. The van der Waals surface area contributed by atoms with E-state index in [0.717, 1.165) is 23.0 Å². The molecule has 4 aliphatic rings. The average molecular weight is 254 g/mol. The van der Waals surface area contributed by atoms with Crippen LogP contribution in [0.1, 0.15) is 43.2 Å². The first-order chi connectivity index (χ1) is 9.20. The summed E-state index contributed by atoms with van der Waals surface area (Å²) in [6.07, 6.45) is 8.27. The normalized spacial score (nSPS) is 43.4. The van der Waals surface area contributed by atoms with Crippen molar-refractivity contribution in [3.05, 3.63) is 42.0 Å². The molecule has 100 valence electrons. The van der Waals surface area contributed by atoms with Crippen LogP contribution in [0.4, 0.5) is 0 Å². The Morgan fingerprint density at radius 2 is 1.47 bits per heavy atom. The summed E-state index contributed by atoms with van der Waals surface area (Å²) in [7, 11) is 0. The van der Waals surface area contributed by atoms with Gasteiger partial charge in [0.05, 0.1) is 5.60 Å². The predicted octanol–water partition coefficient (Wildman–Crippen LogP) is 3.97. The zero-order valence-electron chi connectivity index (χ0n) is 11.4. The number of benzene rings is 1. The molecule has 1 aromatic carbocycles. The monoisotopic (exact) mass is 254 g/mol. The SMILES string of the molecule is C=Cc1ccc(C2(O)C3CC4CC(C3)CC2C4)cc1. The summed E-state index contributed by atoms with van der Waals surface area (Å²) in [5, 5.41) is 11.4. The van der Waals surface area contributed by atoms with Gasteiger partial charge in [-0.15, -0.1) is 0 Å². The van der Waals surface area contributed by atoms with Crippen LogP contribution >= 0.6 is 0 Å². The number of hydrogen-bond donors (Lipinski definition) is 1. The summed E-state index contributed by atoms with van der Waals surface area (Å²) in [6.45, 7) is 3.80. The molecule has 4 bridgehead atoms. The Bertz CT molecular complexity index is 471. The minimum absolute atomic E-state index is 0.498. The van der Waals surface area contributed by atoms with Gasteiger partial charge in [-0.3, -0.25) is 0 Å². The van der Waals surface area contributed by atoms with Gasteiger partial charge < -0.3 is 5.11 Å². The zero-order valence-corrected chi connectivity index (χ0v) is 11.4. The molecule has 1 N–H and O–H groups in total. The van der Waals surface area contributed by atoms with E-state index in [1.54, 1.807) is 0 Å². The van der Waals surface area contributed by atoms with Crippen LogP contribution in [-0.2, 0) is 5.60 Å². The molecule has 0 atom stereocenters. The molecule has 19 heavy (non-hydrogen) atoms. The minimum atomic E-state index is -0.548. The van der Waals surface area contributed by atoms with Crippen LogP contribution in [0.5, 0.6) is 0 Å². The van der Waals surface area contributed by atoms with Gasteiger partial charge in [-0.05, 0) is 66.9 Å². The largest absolute Gasteiger partial charge is 0.385 e. The Hall–Kier alpha value is -1.08. The van der Waals surface area contributed by atoms with Crippen LogP contribution in [0.25, 0.3) is 6.08 Å². The van der Waals surface area contributed by atoms with Gasteiger partial charge in [-0.1, -0.05) is 36.9 Å². The first-order valence-electron chi connectivity index (χ1n) is 7.65. The van der Waals surface area contributed by atoms with Crippen molar-refractivity contribution in [1.29, 1.82) is 0 Å². The Morgan fingerprint density at radius 1 is 0.947 bits per heavy atom. The Balaban J connectivity index is 1.73. The van der Waals surface area contributed by atoms with Crippen molar-refractivity contribution >= 4 is 6.08 Å². The average Bonchev–Trinajstić information content (AvgIpc) is 2.44. The summed E-state index contributed by atoms with van der Waals surface area (Å²) in [4.78, 5) is 0. The molecule has 0 heterocycles. The second kappa shape index (κ2) is 3.96. The third kappa shape index (κ3) is 1.57. The molecule has 1 heteroatoms. The molecular weight excluding hydrogens is 232 g/mol. The molecule has 4 fully saturated rings. The standard InChI is InChI=1S/C18H22O/c1-2-12-3-5-15(6-4-12)18(19)16-8-13-7-14(10-16)11-17(18)9-13/h2-6,13-14,16-17,19H,1,7-11H2. The van der Waals surface area contributed by atoms with E-state index < -0.39 is 5.60 Å². The fourth-order valence-electron chi connectivity index (χ4n) is 5.26. The Labute approximate surface area is 115 Å². The topological polar surface area (TPSA) is 20.2 Å². The maximum Gasteiger partial charge on any atom is 0.0952 e. The maximum atomic E-state index is 11.4. The van der Waals surface area contributed by atoms with E-state index in [0.29, 0.717) is 11.8 Å². The Morgan fingerprint density at radius 3 is 1.95 bits per heavy atom. The van der Waals surface area contributed by atoms with E-state index in [-0.39, 0.29) is 0 Å². The van der Waals surface area contributed by atoms with Crippen LogP contribution in [0.3, 0.4) is 0 Å². The third-order valence-corrected chi connectivity index (χ3v) is 5.99. The molecule has 4 saturated carbocycles. The second-order valence-corrected chi connectivity index (χ2v) is 6.96. The lowest BCUT2D eigenvalue weighted by Gasteiger charge is -2.59. The van der Waals surface area contributed by atoms with E-state index in [9.17, 15) is 5.11 Å². The quantitative estimate of drug-likeness (QED) is 0.846. The summed E-state index contributed by atoms with van der Waals surface area (Å²) >= 11 is 0. The lowest BCUT2D eigenvalue weighted by molar-refractivity contribution is -0.179. The zero-order chi connectivity index (χ0) is 13.0. The fourth-order valence-corrected chi connectivity index (χ4v) is 5.26. The van der Waals surface area contributed by atoms with Crippen LogP contribution in [0, 0.1) is 23.7 Å². The summed E-state index contributed by atoms with van der Waals surface area (Å²) in [5.41, 5.74) is 1.73. The predicted molar refractivity (Wildman–Crippen MR) is 77.5 cm³/mol. The van der Waals surface area contributed by atoms with E-state index >= 15 is 0 Å². The molecule has 0 radical (unpaired) electrons. The highest BCUT2D eigenvalue weighted by Crippen LogP contribution is 2.61. The van der Waals surface area contributed by atoms with Crippen molar-refractivity contribution in [3.8, 4) is 0 Å². The van der Waals surface area contributed by atoms with Gasteiger partial charge in [-0.2, -0.15) is 0 Å². The number of rotatable bonds is 2. The molecule has 1 aromatic rings. The van der Waals surface area contributed by atoms with Gasteiger partial charge in [0.1, 0.15) is 0 Å². The number of hydrogen-bond acceptors (Lipinski definition) is 1. The molecule has 0 aromatic heterocycles. The summed E-state index contributed by atoms with van der Waals surface area (Å²) in [6, 6.07) is 8.43. The maximum absolute atomic E-state index is 11.4. The van der Waals surface area contributed by atoms with Gasteiger partial charge in [0, 0.05) is 0 Å². The van der Waals surface area contributed by atoms with E-state index in [2.05, 4.69) is 30.8 Å². The highest BCUT2D eigenvalue weighted by atomic mass is 16.3. The fraction of sp³-hybridized carbons (Fsp3) is 0.556. The molecule has 5 rings (SSSR count). The van der Waals surface area contributed by atoms with E-state index in [4.69, 9.17) is 0 Å². The molecule has 0 aliphatic heterocycles. The van der Waals surface area contributed by atoms with Crippen molar-refractivity contribution < 1.29 is 5.11 Å². The first-order valence-corrected chi connectivity index (χ1v) is 7.65. The van der Waals surface area contributed by atoms with Crippen LogP contribution in [0.15, 0.2) is 30.8 Å². The first kappa shape index (κ1) is 11.7. The van der Waals surface area contributed by atoms with Crippen molar-refractivity contribution in [1.82, 2.24) is 0 Å². The van der Waals surface area contributed by atoms with E-state index in [1.165, 1.54) is 32.1 Å². The van der Waals surface area contributed by atoms with Gasteiger partial charge >= 0.3 is 0 Å². The van der Waals surface area contributed by atoms with Crippen LogP contribution in [-0.4, -0.2) is 5.11 Å². The molecule has 0 amide bonds. The molecule has 4 aliphatic carbocycles. The summed E-state index contributed by atoms with van der Waals surface area (Å²) < 4.78 is 0.